The minimum absolute atomic E-state index is 0.228. The van der Waals surface area contributed by atoms with Crippen molar-refractivity contribution < 1.29 is 19.1 Å². The Morgan fingerprint density at radius 1 is 0.595 bits per heavy atom. The molecule has 0 radical (unpaired) electrons. The van der Waals surface area contributed by atoms with Gasteiger partial charge in [0.2, 0.25) is 0 Å². The van der Waals surface area contributed by atoms with E-state index < -0.39 is 0 Å². The standard InChI is InChI=1S/C26H18I2O4S5/c1-31-23(29)11-13-9-19(15-5-7-21(27)34-15)36-25(13)17-3-4-18(33-17)26-14(12-24(30)32-2)10-20(37-26)16-6-8-22(28)35-16/h3-10H,11-12H2,1-2H3. The Kier molecular flexibility index (Phi) is 8.88. The summed E-state index contributed by atoms with van der Waals surface area (Å²) in [6.07, 6.45) is 0.456. The van der Waals surface area contributed by atoms with Crippen molar-refractivity contribution in [3.63, 3.8) is 0 Å². The van der Waals surface area contributed by atoms with Gasteiger partial charge in [0.05, 0.1) is 32.8 Å². The summed E-state index contributed by atoms with van der Waals surface area (Å²) in [7, 11) is 2.85. The van der Waals surface area contributed by atoms with Crippen molar-refractivity contribution in [3.05, 3.63) is 65.4 Å². The van der Waals surface area contributed by atoms with Gasteiger partial charge in [-0.25, -0.2) is 0 Å². The van der Waals surface area contributed by atoms with Crippen LogP contribution < -0.4 is 0 Å². The Hall–Kier alpha value is -1.10. The summed E-state index contributed by atoms with van der Waals surface area (Å²) in [5, 5.41) is 0. The van der Waals surface area contributed by atoms with E-state index in [2.05, 4.69) is 93.7 Å². The van der Waals surface area contributed by atoms with E-state index in [4.69, 9.17) is 9.47 Å². The average molecular weight is 809 g/mol. The second kappa shape index (κ2) is 12.0. The van der Waals surface area contributed by atoms with Gasteiger partial charge in [0.15, 0.2) is 0 Å². The molecule has 190 valence electrons. The van der Waals surface area contributed by atoms with Crippen molar-refractivity contribution in [3.8, 4) is 39.0 Å². The second-order valence-electron chi connectivity index (χ2n) is 7.81. The van der Waals surface area contributed by atoms with Gasteiger partial charge in [-0.1, -0.05) is 0 Å². The second-order valence-corrected chi connectivity index (χ2v) is 17.0. The van der Waals surface area contributed by atoms with Crippen LogP contribution in [-0.2, 0) is 31.9 Å². The first-order valence-electron chi connectivity index (χ1n) is 10.9. The van der Waals surface area contributed by atoms with Crippen LogP contribution in [0.25, 0.3) is 39.0 Å². The number of esters is 2. The van der Waals surface area contributed by atoms with Gasteiger partial charge in [0, 0.05) is 39.0 Å². The number of halogens is 2. The first-order chi connectivity index (χ1) is 17.8. The van der Waals surface area contributed by atoms with Crippen LogP contribution in [-0.4, -0.2) is 26.2 Å². The quantitative estimate of drug-likeness (QED) is 0.116. The van der Waals surface area contributed by atoms with Crippen LogP contribution in [0.5, 0.6) is 0 Å². The van der Waals surface area contributed by atoms with Crippen molar-refractivity contribution in [2.75, 3.05) is 14.2 Å². The Balaban J connectivity index is 1.55. The van der Waals surface area contributed by atoms with Crippen LogP contribution in [0, 0.1) is 5.77 Å². The molecule has 0 spiro atoms. The molecular weight excluding hydrogens is 790 g/mol. The van der Waals surface area contributed by atoms with Gasteiger partial charge >= 0.3 is 11.9 Å². The predicted molar refractivity (Wildman–Crippen MR) is 174 cm³/mol. The maximum Gasteiger partial charge on any atom is 0.310 e. The zero-order chi connectivity index (χ0) is 26.1. The third-order valence-corrected chi connectivity index (χ3v) is 13.4. The van der Waals surface area contributed by atoms with Crippen LogP contribution in [0.2, 0.25) is 0 Å². The normalized spacial score (nSPS) is 11.1. The molecule has 0 saturated heterocycles. The highest BCUT2D eigenvalue weighted by molar-refractivity contribution is 14.1. The Morgan fingerprint density at radius 3 is 1.35 bits per heavy atom. The molecule has 0 amide bonds. The molecule has 4 nitrogen and oxygen atoms in total. The number of hydrogen-bond acceptors (Lipinski definition) is 9. The third-order valence-electron chi connectivity index (χ3n) is 5.43. The number of thiophene rings is 5. The summed E-state index contributed by atoms with van der Waals surface area (Å²) in [4.78, 5) is 33.4. The van der Waals surface area contributed by atoms with Gasteiger partial charge in [-0.3, -0.25) is 9.59 Å². The van der Waals surface area contributed by atoms with E-state index in [0.717, 1.165) is 40.4 Å². The smallest absolute Gasteiger partial charge is 0.310 e. The number of hydrogen-bond donors (Lipinski definition) is 0. The highest BCUT2D eigenvalue weighted by atomic mass is 127. The van der Waals surface area contributed by atoms with E-state index in [9.17, 15) is 9.59 Å². The van der Waals surface area contributed by atoms with Crippen molar-refractivity contribution in [1.29, 1.82) is 0 Å². The molecule has 5 aromatic heterocycles. The summed E-state index contributed by atoms with van der Waals surface area (Å²) < 4.78 is 12.4. The lowest BCUT2D eigenvalue weighted by Gasteiger charge is -2.02. The Labute approximate surface area is 261 Å². The van der Waals surface area contributed by atoms with Gasteiger partial charge in [-0.2, -0.15) is 0 Å². The summed E-state index contributed by atoms with van der Waals surface area (Å²) in [5.41, 5.74) is 1.94. The molecule has 0 aliphatic rings. The number of ether oxygens (including phenoxy) is 2. The molecule has 5 aromatic rings. The zero-order valence-electron chi connectivity index (χ0n) is 19.5. The molecule has 11 heteroatoms. The van der Waals surface area contributed by atoms with Crippen LogP contribution >= 0.6 is 102 Å². The molecule has 0 aliphatic carbocycles. The van der Waals surface area contributed by atoms with E-state index in [1.54, 1.807) is 56.7 Å². The monoisotopic (exact) mass is 808 g/mol. The molecule has 0 saturated carbocycles. The van der Waals surface area contributed by atoms with E-state index in [0.29, 0.717) is 0 Å². The van der Waals surface area contributed by atoms with Crippen molar-refractivity contribution in [2.24, 2.45) is 0 Å². The van der Waals surface area contributed by atoms with Crippen LogP contribution in [0.15, 0.2) is 48.5 Å². The molecule has 0 aromatic carbocycles. The Bertz CT molecular complexity index is 1470. The Morgan fingerprint density at radius 2 is 1.00 bits per heavy atom. The lowest BCUT2D eigenvalue weighted by molar-refractivity contribution is -0.140. The average Bonchev–Trinajstić information content (AvgIpc) is 3.69. The third kappa shape index (κ3) is 6.23. The van der Waals surface area contributed by atoms with Crippen LogP contribution in [0.4, 0.5) is 0 Å². The van der Waals surface area contributed by atoms with E-state index in [1.807, 2.05) is 0 Å². The lowest BCUT2D eigenvalue weighted by Crippen LogP contribution is -2.04. The number of methoxy groups -OCH3 is 2. The van der Waals surface area contributed by atoms with Crippen molar-refractivity contribution in [1.82, 2.24) is 0 Å². The van der Waals surface area contributed by atoms with Crippen LogP contribution in [0.1, 0.15) is 11.1 Å². The minimum Gasteiger partial charge on any atom is -0.469 e. The lowest BCUT2D eigenvalue weighted by atomic mass is 10.1. The number of rotatable bonds is 8. The number of carbonyl (C=O) groups is 2. The molecular formula is C26H18I2O4S5. The van der Waals surface area contributed by atoms with Crippen molar-refractivity contribution >= 4 is 114 Å². The highest BCUT2D eigenvalue weighted by Gasteiger charge is 2.21. The maximum absolute atomic E-state index is 12.2. The van der Waals surface area contributed by atoms with Gasteiger partial charge in [-0.05, 0) is 105 Å². The fourth-order valence-corrected chi connectivity index (χ4v) is 10.8. The zero-order valence-corrected chi connectivity index (χ0v) is 27.9. The van der Waals surface area contributed by atoms with E-state index in [1.165, 1.54) is 29.7 Å². The summed E-state index contributed by atoms with van der Waals surface area (Å²) in [5.74, 6) is -0.506. The molecule has 37 heavy (non-hydrogen) atoms. The largest absolute Gasteiger partial charge is 0.469 e. The van der Waals surface area contributed by atoms with E-state index >= 15 is 0 Å². The van der Waals surface area contributed by atoms with Gasteiger partial charge in [0.1, 0.15) is 0 Å². The molecule has 0 atom stereocenters. The fraction of sp³-hybridized carbons (Fsp3) is 0.154. The van der Waals surface area contributed by atoms with Gasteiger partial charge in [-0.15, -0.1) is 56.7 Å². The minimum atomic E-state index is -0.253. The SMILES string of the molecule is COC(=O)Cc1cc(-c2ccc(I)s2)sc1-c1ccc(-c2sc(-c3ccc(I)s3)cc2CC(=O)OC)s1. The predicted octanol–water partition coefficient (Wildman–Crippen LogP) is 9.30. The molecule has 5 heterocycles. The maximum atomic E-state index is 12.2. The van der Waals surface area contributed by atoms with Crippen LogP contribution in [0.3, 0.4) is 0 Å². The highest BCUT2D eigenvalue weighted by Crippen LogP contribution is 2.48. The molecule has 5 rings (SSSR count). The first kappa shape index (κ1) is 27.5. The van der Waals surface area contributed by atoms with Crippen molar-refractivity contribution in [2.45, 2.75) is 12.8 Å². The topological polar surface area (TPSA) is 52.6 Å². The summed E-state index contributed by atoms with van der Waals surface area (Å²) in [6, 6.07) is 16.9. The fourth-order valence-electron chi connectivity index (χ4n) is 3.71. The molecule has 0 unspecified atom stereocenters. The van der Waals surface area contributed by atoms with E-state index in [-0.39, 0.29) is 24.8 Å². The molecule has 0 fully saturated rings. The summed E-state index contributed by atoms with van der Waals surface area (Å²) >= 11 is 13.2. The summed E-state index contributed by atoms with van der Waals surface area (Å²) in [6.45, 7) is 0. The molecule has 0 bridgehead atoms. The number of carbonyl (C=O) groups excluding carboxylic acids is 2. The molecule has 0 N–H and O–H groups in total. The van der Waals surface area contributed by atoms with Gasteiger partial charge < -0.3 is 9.47 Å². The molecule has 0 aliphatic heterocycles. The van der Waals surface area contributed by atoms with Gasteiger partial charge in [0.25, 0.3) is 0 Å². The first-order valence-corrected chi connectivity index (χ1v) is 17.1.